The molecule has 100 valence electrons. The quantitative estimate of drug-likeness (QED) is 0.791. The summed E-state index contributed by atoms with van der Waals surface area (Å²) in [4.78, 5) is 0.0893. The molecular weight excluding hydrogens is 295 g/mol. The molecule has 0 unspecified atom stereocenters. The molecule has 0 radical (unpaired) electrons. The van der Waals surface area contributed by atoms with Crippen LogP contribution in [-0.2, 0) is 10.0 Å². The van der Waals surface area contributed by atoms with Gasteiger partial charge in [0.05, 0.1) is 4.90 Å². The van der Waals surface area contributed by atoms with Crippen molar-refractivity contribution in [3.63, 3.8) is 0 Å². The molecule has 1 aliphatic carbocycles. The second-order valence-electron chi connectivity index (χ2n) is 4.23. The van der Waals surface area contributed by atoms with Crippen molar-refractivity contribution in [3.8, 4) is 0 Å². The molecule has 18 heavy (non-hydrogen) atoms. The van der Waals surface area contributed by atoms with Gasteiger partial charge in [-0.05, 0) is 31.0 Å². The van der Waals surface area contributed by atoms with Crippen LogP contribution in [-0.4, -0.2) is 27.5 Å². The van der Waals surface area contributed by atoms with Crippen LogP contribution in [0.4, 0.5) is 0 Å². The highest BCUT2D eigenvalue weighted by Crippen LogP contribution is 2.22. The van der Waals surface area contributed by atoms with E-state index in [4.69, 9.17) is 23.2 Å². The molecule has 2 N–H and O–H groups in total. The van der Waals surface area contributed by atoms with Gasteiger partial charge in [0.2, 0.25) is 10.0 Å². The molecular formula is C11H14Cl2N2O2S. The summed E-state index contributed by atoms with van der Waals surface area (Å²) in [6.07, 6.45) is 2.35. The molecule has 0 atom stereocenters. The summed E-state index contributed by atoms with van der Waals surface area (Å²) in [6, 6.07) is 4.82. The van der Waals surface area contributed by atoms with E-state index in [0.29, 0.717) is 29.2 Å². The average molecular weight is 309 g/mol. The number of nitrogens with one attached hydrogen (secondary N) is 2. The Morgan fingerprint density at radius 2 is 1.72 bits per heavy atom. The van der Waals surface area contributed by atoms with Crippen molar-refractivity contribution >= 4 is 33.2 Å². The molecule has 0 amide bonds. The molecule has 0 bridgehead atoms. The van der Waals surface area contributed by atoms with Gasteiger partial charge in [-0.1, -0.05) is 23.2 Å². The average Bonchev–Trinajstić information content (AvgIpc) is 3.07. The van der Waals surface area contributed by atoms with Crippen LogP contribution in [0.1, 0.15) is 12.8 Å². The van der Waals surface area contributed by atoms with Gasteiger partial charge in [0.1, 0.15) is 0 Å². The van der Waals surface area contributed by atoms with Crippen molar-refractivity contribution in [2.45, 2.75) is 23.8 Å². The molecule has 1 fully saturated rings. The normalized spacial score (nSPS) is 15.9. The fourth-order valence-corrected chi connectivity index (χ4v) is 3.27. The number of halogens is 2. The standard InChI is InChI=1S/C11H14Cl2N2O2S/c12-8-5-9(13)7-11(6-8)18(16,17)15-4-3-14-10-1-2-10/h5-7,10,14-15H,1-4H2. The molecule has 7 heteroatoms. The number of hydrogen-bond donors (Lipinski definition) is 2. The summed E-state index contributed by atoms with van der Waals surface area (Å²) in [7, 11) is -3.54. The minimum Gasteiger partial charge on any atom is -0.313 e. The molecule has 1 aliphatic rings. The fraction of sp³-hybridized carbons (Fsp3) is 0.455. The highest BCUT2D eigenvalue weighted by atomic mass is 35.5. The SMILES string of the molecule is O=S(=O)(NCCNC1CC1)c1cc(Cl)cc(Cl)c1. The smallest absolute Gasteiger partial charge is 0.240 e. The van der Waals surface area contributed by atoms with Crippen LogP contribution in [0.3, 0.4) is 0 Å². The Bertz CT molecular complexity index is 510. The lowest BCUT2D eigenvalue weighted by Crippen LogP contribution is -2.32. The minimum atomic E-state index is -3.54. The topological polar surface area (TPSA) is 58.2 Å². The Morgan fingerprint density at radius 3 is 2.28 bits per heavy atom. The number of sulfonamides is 1. The zero-order valence-electron chi connectivity index (χ0n) is 9.62. The van der Waals surface area contributed by atoms with Gasteiger partial charge in [-0.15, -0.1) is 0 Å². The lowest BCUT2D eigenvalue weighted by atomic mass is 10.4. The lowest BCUT2D eigenvalue weighted by molar-refractivity contribution is 0.575. The van der Waals surface area contributed by atoms with Crippen LogP contribution < -0.4 is 10.0 Å². The number of rotatable bonds is 6. The first-order chi connectivity index (χ1) is 8.47. The van der Waals surface area contributed by atoms with Gasteiger partial charge >= 0.3 is 0 Å². The van der Waals surface area contributed by atoms with Gasteiger partial charge in [0.15, 0.2) is 0 Å². The molecule has 0 heterocycles. The summed E-state index contributed by atoms with van der Waals surface area (Å²) in [6.45, 7) is 0.973. The first-order valence-corrected chi connectivity index (χ1v) is 7.90. The van der Waals surface area contributed by atoms with Crippen molar-refractivity contribution < 1.29 is 8.42 Å². The monoisotopic (exact) mass is 308 g/mol. The van der Waals surface area contributed by atoms with Crippen LogP contribution in [0.15, 0.2) is 23.1 Å². The summed E-state index contributed by atoms with van der Waals surface area (Å²) in [5.74, 6) is 0. The highest BCUT2D eigenvalue weighted by molar-refractivity contribution is 7.89. The maximum atomic E-state index is 11.9. The molecule has 0 aromatic heterocycles. The predicted molar refractivity (Wildman–Crippen MR) is 72.7 cm³/mol. The first-order valence-electron chi connectivity index (χ1n) is 5.66. The third-order valence-electron chi connectivity index (χ3n) is 2.57. The van der Waals surface area contributed by atoms with E-state index in [1.54, 1.807) is 0 Å². The van der Waals surface area contributed by atoms with Crippen molar-refractivity contribution in [3.05, 3.63) is 28.2 Å². The molecule has 0 spiro atoms. The van der Waals surface area contributed by atoms with Crippen molar-refractivity contribution in [2.75, 3.05) is 13.1 Å². The predicted octanol–water partition coefficient (Wildman–Crippen LogP) is 2.02. The highest BCUT2D eigenvalue weighted by Gasteiger charge is 2.20. The van der Waals surface area contributed by atoms with E-state index in [2.05, 4.69) is 10.0 Å². The summed E-state index contributed by atoms with van der Waals surface area (Å²) >= 11 is 11.6. The molecule has 0 aliphatic heterocycles. The maximum absolute atomic E-state index is 11.9. The van der Waals surface area contributed by atoms with Crippen LogP contribution >= 0.6 is 23.2 Å². The van der Waals surface area contributed by atoms with Gasteiger partial charge in [0.25, 0.3) is 0 Å². The van der Waals surface area contributed by atoms with Gasteiger partial charge in [0, 0.05) is 29.2 Å². The molecule has 2 rings (SSSR count). The van der Waals surface area contributed by atoms with E-state index in [1.165, 1.54) is 31.0 Å². The van der Waals surface area contributed by atoms with Gasteiger partial charge < -0.3 is 5.32 Å². The van der Waals surface area contributed by atoms with Crippen molar-refractivity contribution in [1.29, 1.82) is 0 Å². The van der Waals surface area contributed by atoms with E-state index in [1.807, 2.05) is 0 Å². The Morgan fingerprint density at radius 1 is 1.11 bits per heavy atom. The molecule has 4 nitrogen and oxygen atoms in total. The van der Waals surface area contributed by atoms with Gasteiger partial charge in [-0.2, -0.15) is 0 Å². The third kappa shape index (κ3) is 4.10. The van der Waals surface area contributed by atoms with Crippen LogP contribution in [0.2, 0.25) is 10.0 Å². The van der Waals surface area contributed by atoms with Crippen LogP contribution in [0.25, 0.3) is 0 Å². The fourth-order valence-electron chi connectivity index (χ4n) is 1.52. The number of hydrogen-bond acceptors (Lipinski definition) is 3. The molecule has 0 saturated heterocycles. The third-order valence-corrected chi connectivity index (χ3v) is 4.45. The Hall–Kier alpha value is -0.330. The summed E-state index contributed by atoms with van der Waals surface area (Å²) < 4.78 is 26.4. The molecule has 1 aromatic rings. The summed E-state index contributed by atoms with van der Waals surface area (Å²) in [5.41, 5.74) is 0. The second kappa shape index (κ2) is 5.75. The molecule has 1 aromatic carbocycles. The van der Waals surface area contributed by atoms with Crippen LogP contribution in [0, 0.1) is 0 Å². The van der Waals surface area contributed by atoms with Crippen LogP contribution in [0.5, 0.6) is 0 Å². The van der Waals surface area contributed by atoms with Crippen molar-refractivity contribution in [1.82, 2.24) is 10.0 Å². The molecule has 1 saturated carbocycles. The summed E-state index contributed by atoms with van der Waals surface area (Å²) in [5, 5.41) is 3.83. The van der Waals surface area contributed by atoms with Gasteiger partial charge in [-0.3, -0.25) is 0 Å². The Labute approximate surface area is 117 Å². The zero-order chi connectivity index (χ0) is 13.2. The second-order valence-corrected chi connectivity index (χ2v) is 6.87. The van der Waals surface area contributed by atoms with E-state index >= 15 is 0 Å². The van der Waals surface area contributed by atoms with Crippen molar-refractivity contribution in [2.24, 2.45) is 0 Å². The van der Waals surface area contributed by atoms with Gasteiger partial charge in [-0.25, -0.2) is 13.1 Å². The number of benzene rings is 1. The van der Waals surface area contributed by atoms with E-state index < -0.39 is 10.0 Å². The Balaban J connectivity index is 1.95. The van der Waals surface area contributed by atoms with E-state index in [0.717, 1.165) is 0 Å². The lowest BCUT2D eigenvalue weighted by Gasteiger charge is -2.08. The first kappa shape index (κ1) is 14.1. The maximum Gasteiger partial charge on any atom is 0.240 e. The minimum absolute atomic E-state index is 0.0893. The van der Waals surface area contributed by atoms with E-state index in [9.17, 15) is 8.42 Å². The largest absolute Gasteiger partial charge is 0.313 e. The zero-order valence-corrected chi connectivity index (χ0v) is 11.9. The van der Waals surface area contributed by atoms with E-state index in [-0.39, 0.29) is 4.90 Å². The Kier molecular flexibility index (Phi) is 4.50.